The molecule has 3 aliphatic heterocycles. The lowest BCUT2D eigenvalue weighted by atomic mass is 9.89. The van der Waals surface area contributed by atoms with Gasteiger partial charge in [0, 0.05) is 37.4 Å². The average Bonchev–Trinajstić information content (AvgIpc) is 3.00. The van der Waals surface area contributed by atoms with E-state index in [-0.39, 0.29) is 5.91 Å². The Morgan fingerprint density at radius 2 is 1.73 bits per heavy atom. The second kappa shape index (κ2) is 8.40. The summed E-state index contributed by atoms with van der Waals surface area (Å²) in [6, 6.07) is 9.03. The van der Waals surface area contributed by atoms with Crippen molar-refractivity contribution in [2.45, 2.75) is 57.0 Å². The highest BCUT2D eigenvalue weighted by atomic mass is 16.5. The van der Waals surface area contributed by atoms with Crippen LogP contribution in [0.1, 0.15) is 44.9 Å². The lowest BCUT2D eigenvalue weighted by molar-refractivity contribution is -0.117. The van der Waals surface area contributed by atoms with Crippen molar-refractivity contribution in [3.8, 4) is 5.75 Å². The Hall–Kier alpha value is -1.59. The number of hydrogen-bond donors (Lipinski definition) is 2. The summed E-state index contributed by atoms with van der Waals surface area (Å²) >= 11 is 0. The van der Waals surface area contributed by atoms with Crippen LogP contribution in [0.15, 0.2) is 24.3 Å². The minimum absolute atomic E-state index is 0.132. The van der Waals surface area contributed by atoms with E-state index in [4.69, 9.17) is 9.47 Å². The van der Waals surface area contributed by atoms with Crippen molar-refractivity contribution in [2.75, 3.05) is 25.1 Å². The van der Waals surface area contributed by atoms with Gasteiger partial charge < -0.3 is 20.1 Å². The van der Waals surface area contributed by atoms with Crippen LogP contribution in [0.2, 0.25) is 0 Å². The zero-order chi connectivity index (χ0) is 17.8. The second-order valence-electron chi connectivity index (χ2n) is 8.12. The van der Waals surface area contributed by atoms with Crippen molar-refractivity contribution in [1.82, 2.24) is 5.32 Å². The average molecular weight is 358 g/mol. The van der Waals surface area contributed by atoms with Gasteiger partial charge in [-0.05, 0) is 74.6 Å². The molecule has 142 valence electrons. The van der Waals surface area contributed by atoms with Crippen LogP contribution in [0.4, 0.5) is 5.69 Å². The minimum atomic E-state index is 0.132. The summed E-state index contributed by atoms with van der Waals surface area (Å²) in [7, 11) is 0. The van der Waals surface area contributed by atoms with Crippen molar-refractivity contribution in [2.24, 2.45) is 11.8 Å². The van der Waals surface area contributed by atoms with E-state index in [1.807, 2.05) is 24.3 Å². The van der Waals surface area contributed by atoms with Crippen LogP contribution < -0.4 is 15.4 Å². The summed E-state index contributed by atoms with van der Waals surface area (Å²) in [5.41, 5.74) is 0.852. The maximum absolute atomic E-state index is 12.4. The van der Waals surface area contributed by atoms with Gasteiger partial charge >= 0.3 is 0 Å². The third-order valence-electron chi connectivity index (χ3n) is 6.01. The highest BCUT2D eigenvalue weighted by molar-refractivity contribution is 5.90. The summed E-state index contributed by atoms with van der Waals surface area (Å²) in [6.45, 7) is 2.43. The summed E-state index contributed by atoms with van der Waals surface area (Å²) in [5, 5.41) is 6.67. The normalized spacial score (nSPS) is 28.7. The molecular weight excluding hydrogens is 328 g/mol. The molecule has 3 heterocycles. The molecule has 5 heteroatoms. The van der Waals surface area contributed by atoms with E-state index >= 15 is 0 Å². The Labute approximate surface area is 155 Å². The largest absolute Gasteiger partial charge is 0.493 e. The van der Waals surface area contributed by atoms with Gasteiger partial charge in [0.05, 0.1) is 6.61 Å². The molecule has 2 atom stereocenters. The number of piperidine rings is 1. The number of ether oxygens (including phenoxy) is 2. The van der Waals surface area contributed by atoms with Crippen LogP contribution in [-0.2, 0) is 9.53 Å². The smallest absolute Gasteiger partial charge is 0.224 e. The zero-order valence-corrected chi connectivity index (χ0v) is 15.4. The Bertz CT molecular complexity index is 586. The fourth-order valence-corrected chi connectivity index (χ4v) is 4.58. The van der Waals surface area contributed by atoms with Crippen molar-refractivity contribution in [1.29, 1.82) is 0 Å². The Kier molecular flexibility index (Phi) is 5.75. The van der Waals surface area contributed by atoms with E-state index in [2.05, 4.69) is 10.6 Å². The maximum Gasteiger partial charge on any atom is 0.224 e. The van der Waals surface area contributed by atoms with Gasteiger partial charge in [-0.2, -0.15) is 0 Å². The summed E-state index contributed by atoms with van der Waals surface area (Å²) in [5.74, 6) is 2.11. The molecule has 0 radical (unpaired) electrons. The fourth-order valence-electron chi connectivity index (χ4n) is 4.58. The molecule has 4 rings (SSSR count). The number of carbonyl (C=O) groups is 1. The quantitative estimate of drug-likeness (QED) is 0.819. The predicted molar refractivity (Wildman–Crippen MR) is 101 cm³/mol. The van der Waals surface area contributed by atoms with Crippen LogP contribution in [0, 0.1) is 11.8 Å². The fraction of sp³-hybridized carbons (Fsp3) is 0.667. The molecule has 2 N–H and O–H groups in total. The van der Waals surface area contributed by atoms with E-state index in [9.17, 15) is 4.79 Å². The van der Waals surface area contributed by atoms with E-state index in [1.54, 1.807) is 0 Å². The number of nitrogens with one attached hydrogen (secondary N) is 2. The Balaban J connectivity index is 1.21. The lowest BCUT2D eigenvalue weighted by Crippen LogP contribution is -2.39. The van der Waals surface area contributed by atoms with E-state index in [0.29, 0.717) is 30.3 Å². The van der Waals surface area contributed by atoms with Gasteiger partial charge in [-0.15, -0.1) is 0 Å². The van der Waals surface area contributed by atoms with Crippen molar-refractivity contribution >= 4 is 11.6 Å². The van der Waals surface area contributed by atoms with Gasteiger partial charge in [-0.25, -0.2) is 0 Å². The molecule has 0 spiro atoms. The van der Waals surface area contributed by atoms with Gasteiger partial charge in [0.2, 0.25) is 5.91 Å². The molecule has 2 unspecified atom stereocenters. The predicted octanol–water partition coefficient (Wildman–Crippen LogP) is 3.35. The van der Waals surface area contributed by atoms with Gasteiger partial charge in [0.1, 0.15) is 5.75 Å². The molecule has 1 aromatic rings. The van der Waals surface area contributed by atoms with Gasteiger partial charge in [0.15, 0.2) is 0 Å². The first-order valence-electron chi connectivity index (χ1n) is 10.1. The maximum atomic E-state index is 12.4. The highest BCUT2D eigenvalue weighted by Crippen LogP contribution is 2.32. The van der Waals surface area contributed by atoms with Gasteiger partial charge in [-0.1, -0.05) is 0 Å². The molecule has 3 fully saturated rings. The molecule has 5 nitrogen and oxygen atoms in total. The van der Waals surface area contributed by atoms with Crippen molar-refractivity contribution in [3.05, 3.63) is 24.3 Å². The number of fused-ring (bicyclic) bond motifs is 2. The second-order valence-corrected chi connectivity index (χ2v) is 8.12. The molecule has 1 amide bonds. The molecule has 3 saturated heterocycles. The van der Waals surface area contributed by atoms with Crippen molar-refractivity contribution in [3.63, 3.8) is 0 Å². The van der Waals surface area contributed by atoms with Crippen LogP contribution in [-0.4, -0.2) is 37.8 Å². The molecule has 1 aromatic carbocycles. The standard InChI is InChI=1S/C21H30N2O3/c24-21(13-16-11-18-1-2-19(12-16)22-18)23-17-3-5-20(6-4-17)26-14-15-7-9-25-10-8-15/h3-6,15-16,18-19,22H,1-2,7-14H2,(H,23,24). The first-order valence-corrected chi connectivity index (χ1v) is 10.1. The summed E-state index contributed by atoms with van der Waals surface area (Å²) in [4.78, 5) is 12.4. The van der Waals surface area contributed by atoms with Crippen LogP contribution in [0.5, 0.6) is 5.75 Å². The third kappa shape index (κ3) is 4.77. The van der Waals surface area contributed by atoms with E-state index in [0.717, 1.165) is 56.9 Å². The van der Waals surface area contributed by atoms with E-state index in [1.165, 1.54) is 12.8 Å². The van der Waals surface area contributed by atoms with Crippen LogP contribution >= 0.6 is 0 Å². The van der Waals surface area contributed by atoms with Crippen LogP contribution in [0.3, 0.4) is 0 Å². The van der Waals surface area contributed by atoms with Gasteiger partial charge in [-0.3, -0.25) is 4.79 Å². The summed E-state index contributed by atoms with van der Waals surface area (Å²) < 4.78 is 11.3. The minimum Gasteiger partial charge on any atom is -0.493 e. The number of rotatable bonds is 6. The molecule has 0 aromatic heterocycles. The molecule has 0 saturated carbocycles. The monoisotopic (exact) mass is 358 g/mol. The third-order valence-corrected chi connectivity index (χ3v) is 6.01. The topological polar surface area (TPSA) is 59.6 Å². The number of hydrogen-bond acceptors (Lipinski definition) is 4. The SMILES string of the molecule is O=C(CC1CC2CCC(C1)N2)Nc1ccc(OCC2CCOCC2)cc1. The number of benzene rings is 1. The van der Waals surface area contributed by atoms with Gasteiger partial charge in [0.25, 0.3) is 0 Å². The molecular formula is C21H30N2O3. The first kappa shape index (κ1) is 17.8. The molecule has 3 aliphatic rings. The van der Waals surface area contributed by atoms with Crippen molar-refractivity contribution < 1.29 is 14.3 Å². The van der Waals surface area contributed by atoms with Crippen LogP contribution in [0.25, 0.3) is 0 Å². The Morgan fingerprint density at radius 1 is 1.04 bits per heavy atom. The molecule has 0 aliphatic carbocycles. The number of amides is 1. The lowest BCUT2D eigenvalue weighted by Gasteiger charge is -2.28. The summed E-state index contributed by atoms with van der Waals surface area (Å²) in [6.07, 6.45) is 7.62. The first-order chi connectivity index (χ1) is 12.7. The number of carbonyl (C=O) groups excluding carboxylic acids is 1. The molecule has 2 bridgehead atoms. The highest BCUT2D eigenvalue weighted by Gasteiger charge is 2.34. The molecule has 26 heavy (non-hydrogen) atoms. The number of anilines is 1. The van der Waals surface area contributed by atoms with E-state index < -0.39 is 0 Å². The zero-order valence-electron chi connectivity index (χ0n) is 15.4. The Morgan fingerprint density at radius 3 is 2.42 bits per heavy atom.